The summed E-state index contributed by atoms with van der Waals surface area (Å²) in [5.74, 6) is 1.86. The smallest absolute Gasteiger partial charge is 0.266 e. The highest BCUT2D eigenvalue weighted by Crippen LogP contribution is 2.17. The van der Waals surface area contributed by atoms with Gasteiger partial charge in [0.2, 0.25) is 0 Å². The van der Waals surface area contributed by atoms with Crippen molar-refractivity contribution in [3.63, 3.8) is 0 Å². The molecule has 4 rings (SSSR count). The van der Waals surface area contributed by atoms with Gasteiger partial charge < -0.3 is 9.80 Å². The van der Waals surface area contributed by atoms with Crippen molar-refractivity contribution < 1.29 is 0 Å². The van der Waals surface area contributed by atoms with E-state index in [1.54, 1.807) is 35.5 Å². The highest BCUT2D eigenvalue weighted by atomic mass is 16.1. The summed E-state index contributed by atoms with van der Waals surface area (Å²) in [6.07, 6.45) is 5.09. The fourth-order valence-electron chi connectivity index (χ4n) is 3.47. The zero-order chi connectivity index (χ0) is 20.9. The van der Waals surface area contributed by atoms with Crippen LogP contribution in [0.2, 0.25) is 0 Å². The summed E-state index contributed by atoms with van der Waals surface area (Å²) < 4.78 is 1.54. The van der Waals surface area contributed by atoms with Crippen molar-refractivity contribution in [2.75, 3.05) is 56.6 Å². The zero-order valence-corrected chi connectivity index (χ0v) is 17.3. The molecular weight excluding hydrogens is 380 g/mol. The molecule has 9 nitrogen and oxygen atoms in total. The van der Waals surface area contributed by atoms with Crippen LogP contribution in [0.25, 0.3) is 11.3 Å². The Kier molecular flexibility index (Phi) is 5.99. The van der Waals surface area contributed by atoms with Crippen molar-refractivity contribution >= 4 is 11.6 Å². The van der Waals surface area contributed by atoms with Crippen LogP contribution in [-0.2, 0) is 6.54 Å². The summed E-state index contributed by atoms with van der Waals surface area (Å²) in [6.45, 7) is 4.95. The molecule has 9 heteroatoms. The molecule has 0 N–H and O–H groups in total. The third-order valence-electron chi connectivity index (χ3n) is 5.24. The minimum absolute atomic E-state index is 0.0847. The van der Waals surface area contributed by atoms with Gasteiger partial charge in [-0.15, -0.1) is 0 Å². The van der Waals surface area contributed by atoms with E-state index in [1.165, 1.54) is 0 Å². The van der Waals surface area contributed by atoms with Crippen molar-refractivity contribution in [2.24, 2.45) is 0 Å². The predicted octanol–water partition coefficient (Wildman–Crippen LogP) is 0.984. The van der Waals surface area contributed by atoms with Gasteiger partial charge in [-0.3, -0.25) is 14.7 Å². The van der Waals surface area contributed by atoms with Crippen LogP contribution in [0.15, 0.2) is 53.8 Å². The van der Waals surface area contributed by atoms with E-state index in [4.69, 9.17) is 0 Å². The molecule has 4 heterocycles. The lowest BCUT2D eigenvalue weighted by Gasteiger charge is -2.35. The van der Waals surface area contributed by atoms with Gasteiger partial charge in [-0.25, -0.2) is 14.6 Å². The fraction of sp³-hybridized carbons (Fsp3) is 0.381. The molecule has 0 spiro atoms. The van der Waals surface area contributed by atoms with Crippen LogP contribution < -0.4 is 15.4 Å². The van der Waals surface area contributed by atoms with Crippen molar-refractivity contribution in [2.45, 2.75) is 6.54 Å². The van der Waals surface area contributed by atoms with Crippen LogP contribution in [0, 0.1) is 0 Å². The third kappa shape index (κ3) is 4.62. The summed E-state index contributed by atoms with van der Waals surface area (Å²) in [7, 11) is 3.95. The number of pyridine rings is 1. The molecule has 1 aliphatic rings. The summed E-state index contributed by atoms with van der Waals surface area (Å²) in [6, 6.07) is 9.15. The van der Waals surface area contributed by atoms with Gasteiger partial charge in [0.15, 0.2) is 0 Å². The van der Waals surface area contributed by atoms with E-state index in [0.717, 1.165) is 55.6 Å². The SMILES string of the molecule is CN(C)c1cc(N2CCN(CCn3nc(-c4cccnc4)ccc3=O)CC2)ncn1. The number of hydrogen-bond donors (Lipinski definition) is 0. The van der Waals surface area contributed by atoms with E-state index >= 15 is 0 Å². The van der Waals surface area contributed by atoms with Gasteiger partial charge in [-0.05, 0) is 18.2 Å². The molecule has 0 radical (unpaired) electrons. The molecule has 1 fully saturated rings. The standard InChI is InChI=1S/C21H26N8O/c1-26(2)19-14-20(24-16-23-19)28-11-8-27(9-12-28)10-13-29-21(30)6-5-18(25-29)17-4-3-7-22-15-17/h3-7,14-16H,8-13H2,1-2H3. The second kappa shape index (κ2) is 9.00. The van der Waals surface area contributed by atoms with Crippen molar-refractivity contribution in [3.8, 4) is 11.3 Å². The van der Waals surface area contributed by atoms with Crippen LogP contribution >= 0.6 is 0 Å². The second-order valence-electron chi connectivity index (χ2n) is 7.48. The van der Waals surface area contributed by atoms with Gasteiger partial charge >= 0.3 is 0 Å². The Balaban J connectivity index is 1.35. The van der Waals surface area contributed by atoms with Crippen molar-refractivity contribution in [1.29, 1.82) is 0 Å². The lowest BCUT2D eigenvalue weighted by molar-refractivity contribution is 0.242. The molecule has 0 saturated carbocycles. The molecular formula is C21H26N8O. The zero-order valence-electron chi connectivity index (χ0n) is 17.3. The minimum Gasteiger partial charge on any atom is -0.363 e. The van der Waals surface area contributed by atoms with Gasteiger partial charge in [0, 0.05) is 76.9 Å². The normalized spacial score (nSPS) is 14.7. The Morgan fingerprint density at radius 2 is 1.87 bits per heavy atom. The van der Waals surface area contributed by atoms with Gasteiger partial charge in [0.05, 0.1) is 12.2 Å². The molecule has 0 atom stereocenters. The first-order chi connectivity index (χ1) is 14.6. The molecule has 1 aliphatic heterocycles. The Morgan fingerprint density at radius 3 is 2.60 bits per heavy atom. The van der Waals surface area contributed by atoms with Crippen LogP contribution in [0.5, 0.6) is 0 Å². The number of piperazine rings is 1. The first kappa shape index (κ1) is 20.0. The van der Waals surface area contributed by atoms with Crippen LogP contribution in [0.3, 0.4) is 0 Å². The highest BCUT2D eigenvalue weighted by Gasteiger charge is 2.19. The van der Waals surface area contributed by atoms with E-state index in [0.29, 0.717) is 6.54 Å². The van der Waals surface area contributed by atoms with Crippen molar-refractivity contribution in [3.05, 3.63) is 59.4 Å². The molecule has 3 aromatic heterocycles. The van der Waals surface area contributed by atoms with Gasteiger partial charge in [-0.1, -0.05) is 0 Å². The lowest BCUT2D eigenvalue weighted by Crippen LogP contribution is -2.48. The van der Waals surface area contributed by atoms with Crippen LogP contribution in [-0.4, -0.2) is 76.5 Å². The summed E-state index contributed by atoms with van der Waals surface area (Å²) in [5.41, 5.74) is 1.58. The quantitative estimate of drug-likeness (QED) is 0.599. The topological polar surface area (TPSA) is 83.3 Å². The molecule has 1 saturated heterocycles. The first-order valence-electron chi connectivity index (χ1n) is 10.1. The largest absolute Gasteiger partial charge is 0.363 e. The van der Waals surface area contributed by atoms with Crippen LogP contribution in [0.1, 0.15) is 0 Å². The Labute approximate surface area is 175 Å². The molecule has 0 amide bonds. The molecule has 0 aromatic carbocycles. The average molecular weight is 406 g/mol. The first-order valence-corrected chi connectivity index (χ1v) is 10.1. The fourth-order valence-corrected chi connectivity index (χ4v) is 3.47. The highest BCUT2D eigenvalue weighted by molar-refractivity contribution is 5.56. The monoisotopic (exact) mass is 406 g/mol. The van der Waals surface area contributed by atoms with Crippen molar-refractivity contribution in [1.82, 2.24) is 29.6 Å². The molecule has 0 unspecified atom stereocenters. The number of aromatic nitrogens is 5. The minimum atomic E-state index is -0.0847. The molecule has 0 bridgehead atoms. The summed E-state index contributed by atoms with van der Waals surface area (Å²) in [5, 5.41) is 4.52. The molecule has 156 valence electrons. The molecule has 30 heavy (non-hydrogen) atoms. The van der Waals surface area contributed by atoms with E-state index < -0.39 is 0 Å². The maximum atomic E-state index is 12.2. The molecule has 3 aromatic rings. The Bertz CT molecular complexity index is 1030. The maximum Gasteiger partial charge on any atom is 0.266 e. The average Bonchev–Trinajstić information content (AvgIpc) is 2.79. The lowest BCUT2D eigenvalue weighted by atomic mass is 10.2. The van der Waals surface area contributed by atoms with E-state index in [9.17, 15) is 4.79 Å². The summed E-state index contributed by atoms with van der Waals surface area (Å²) >= 11 is 0. The second-order valence-corrected chi connectivity index (χ2v) is 7.48. The van der Waals surface area contributed by atoms with Gasteiger partial charge in [-0.2, -0.15) is 5.10 Å². The summed E-state index contributed by atoms with van der Waals surface area (Å²) in [4.78, 5) is 31.7. The van der Waals surface area contributed by atoms with E-state index in [1.807, 2.05) is 37.2 Å². The predicted molar refractivity (Wildman–Crippen MR) is 117 cm³/mol. The number of rotatable bonds is 6. The number of hydrogen-bond acceptors (Lipinski definition) is 8. The maximum absolute atomic E-state index is 12.2. The van der Waals surface area contributed by atoms with Crippen LogP contribution in [0.4, 0.5) is 11.6 Å². The number of nitrogens with zero attached hydrogens (tertiary/aromatic N) is 8. The number of anilines is 2. The molecule has 0 aliphatic carbocycles. The van der Waals surface area contributed by atoms with Gasteiger partial charge in [0.1, 0.15) is 18.0 Å². The van der Waals surface area contributed by atoms with Gasteiger partial charge in [0.25, 0.3) is 5.56 Å². The third-order valence-corrected chi connectivity index (χ3v) is 5.24. The van der Waals surface area contributed by atoms with E-state index in [-0.39, 0.29) is 5.56 Å². The van der Waals surface area contributed by atoms with E-state index in [2.05, 4.69) is 29.9 Å². The Hall–Kier alpha value is -3.33. The Morgan fingerprint density at radius 1 is 1.03 bits per heavy atom.